The Hall–Kier alpha value is -1.62. The molecule has 0 atom stereocenters. The third kappa shape index (κ3) is 3.17. The number of ketones is 1. The lowest BCUT2D eigenvalue weighted by Gasteiger charge is -1.85. The lowest BCUT2D eigenvalue weighted by Crippen LogP contribution is -2.00. The monoisotopic (exact) mass is 148 g/mol. The van der Waals surface area contributed by atoms with Gasteiger partial charge in [-0.3, -0.25) is 9.59 Å². The smallest absolute Gasteiger partial charge is 0.233 e. The van der Waals surface area contributed by atoms with Crippen LogP contribution in [0.5, 0.6) is 0 Å². The fourth-order valence-corrected chi connectivity index (χ4v) is 0.457. The van der Waals surface area contributed by atoms with E-state index >= 15 is 0 Å². The zero-order valence-corrected chi connectivity index (χ0v) is 6.20. The van der Waals surface area contributed by atoms with Gasteiger partial charge in [0.2, 0.25) is 5.78 Å². The summed E-state index contributed by atoms with van der Waals surface area (Å²) < 4.78 is 0. The van der Waals surface area contributed by atoms with Gasteiger partial charge in [-0.15, -0.1) is 6.42 Å². The SMILES string of the molecule is C#C/C(=C\C=C/C)C(=O)C=O. The third-order valence-corrected chi connectivity index (χ3v) is 0.983. The van der Waals surface area contributed by atoms with Crippen LogP contribution in [0.4, 0.5) is 0 Å². The highest BCUT2D eigenvalue weighted by atomic mass is 16.2. The molecule has 0 radical (unpaired) electrons. The van der Waals surface area contributed by atoms with Gasteiger partial charge in [0.25, 0.3) is 0 Å². The van der Waals surface area contributed by atoms with Crippen LogP contribution < -0.4 is 0 Å². The first kappa shape index (κ1) is 9.38. The van der Waals surface area contributed by atoms with E-state index in [0.717, 1.165) is 0 Å². The molecule has 0 aliphatic carbocycles. The van der Waals surface area contributed by atoms with Crippen LogP contribution in [0.25, 0.3) is 0 Å². The topological polar surface area (TPSA) is 34.1 Å². The van der Waals surface area contributed by atoms with Crippen molar-refractivity contribution in [2.45, 2.75) is 6.92 Å². The second-order valence-corrected chi connectivity index (χ2v) is 1.73. The maximum absolute atomic E-state index is 10.6. The highest BCUT2D eigenvalue weighted by Gasteiger charge is 2.01. The normalized spacial score (nSPS) is 11.1. The summed E-state index contributed by atoms with van der Waals surface area (Å²) in [6.45, 7) is 1.79. The molecule has 0 N–H and O–H groups in total. The third-order valence-electron chi connectivity index (χ3n) is 0.983. The Balaban J connectivity index is 4.56. The first-order valence-electron chi connectivity index (χ1n) is 3.05. The Morgan fingerprint density at radius 2 is 2.18 bits per heavy atom. The number of allylic oxidation sites excluding steroid dienone is 4. The minimum absolute atomic E-state index is 0.0816. The van der Waals surface area contributed by atoms with E-state index in [1.807, 2.05) is 0 Å². The fraction of sp³-hybridized carbons (Fsp3) is 0.111. The van der Waals surface area contributed by atoms with Gasteiger partial charge in [0.05, 0.1) is 5.57 Å². The second-order valence-electron chi connectivity index (χ2n) is 1.73. The Kier molecular flexibility index (Phi) is 4.42. The molecule has 0 heterocycles. The van der Waals surface area contributed by atoms with Crippen LogP contribution in [-0.4, -0.2) is 12.1 Å². The molecule has 0 spiro atoms. The van der Waals surface area contributed by atoms with Crippen LogP contribution in [0, 0.1) is 12.3 Å². The summed E-state index contributed by atoms with van der Waals surface area (Å²) in [5.41, 5.74) is 0.0816. The summed E-state index contributed by atoms with van der Waals surface area (Å²) >= 11 is 0. The van der Waals surface area contributed by atoms with E-state index in [1.54, 1.807) is 19.1 Å². The number of aldehydes is 1. The van der Waals surface area contributed by atoms with Crippen LogP contribution in [0.15, 0.2) is 23.8 Å². The molecule has 0 aromatic rings. The van der Waals surface area contributed by atoms with Crippen LogP contribution in [-0.2, 0) is 9.59 Å². The number of hydrogen-bond acceptors (Lipinski definition) is 2. The van der Waals surface area contributed by atoms with Crippen LogP contribution in [0.1, 0.15) is 6.92 Å². The minimum Gasteiger partial charge on any atom is -0.294 e. The van der Waals surface area contributed by atoms with Crippen molar-refractivity contribution in [2.24, 2.45) is 0 Å². The fourth-order valence-electron chi connectivity index (χ4n) is 0.457. The first-order chi connectivity index (χ1) is 5.26. The van der Waals surface area contributed by atoms with Gasteiger partial charge in [-0.1, -0.05) is 18.1 Å². The van der Waals surface area contributed by atoms with Gasteiger partial charge in [-0.25, -0.2) is 0 Å². The molecule has 2 nitrogen and oxygen atoms in total. The van der Waals surface area contributed by atoms with Crippen LogP contribution in [0.3, 0.4) is 0 Å². The molecule has 0 unspecified atom stereocenters. The quantitative estimate of drug-likeness (QED) is 0.196. The largest absolute Gasteiger partial charge is 0.294 e. The van der Waals surface area contributed by atoms with Crippen molar-refractivity contribution in [3.8, 4) is 12.3 Å². The van der Waals surface area contributed by atoms with Gasteiger partial charge < -0.3 is 0 Å². The number of rotatable bonds is 3. The minimum atomic E-state index is -0.661. The zero-order chi connectivity index (χ0) is 8.69. The zero-order valence-electron chi connectivity index (χ0n) is 6.20. The lowest BCUT2D eigenvalue weighted by atomic mass is 10.2. The number of hydrogen-bond donors (Lipinski definition) is 0. The van der Waals surface area contributed by atoms with E-state index < -0.39 is 5.78 Å². The van der Waals surface area contributed by atoms with Crippen molar-refractivity contribution < 1.29 is 9.59 Å². The van der Waals surface area contributed by atoms with E-state index in [2.05, 4.69) is 5.92 Å². The molecule has 11 heavy (non-hydrogen) atoms. The molecule has 0 aliphatic rings. The molecule has 0 saturated heterocycles. The summed E-state index contributed by atoms with van der Waals surface area (Å²) in [5.74, 6) is 1.46. The Labute approximate surface area is 65.6 Å². The Bertz CT molecular complexity index is 251. The molecular formula is C9H8O2. The second kappa shape index (κ2) is 5.19. The number of terminal acetylenes is 1. The first-order valence-corrected chi connectivity index (χ1v) is 3.05. The van der Waals surface area contributed by atoms with Gasteiger partial charge in [0.15, 0.2) is 6.29 Å². The average Bonchev–Trinajstić information content (AvgIpc) is 2.05. The van der Waals surface area contributed by atoms with Crippen molar-refractivity contribution in [1.29, 1.82) is 0 Å². The van der Waals surface area contributed by atoms with Gasteiger partial charge in [-0.2, -0.15) is 0 Å². The Morgan fingerprint density at radius 3 is 2.55 bits per heavy atom. The van der Waals surface area contributed by atoms with Crippen molar-refractivity contribution in [1.82, 2.24) is 0 Å². The molecule has 0 fully saturated rings. The highest BCUT2D eigenvalue weighted by molar-refractivity contribution is 6.34. The van der Waals surface area contributed by atoms with Crippen LogP contribution >= 0.6 is 0 Å². The molecule has 0 bridgehead atoms. The maximum Gasteiger partial charge on any atom is 0.233 e. The van der Waals surface area contributed by atoms with Crippen molar-refractivity contribution in [3.63, 3.8) is 0 Å². The van der Waals surface area contributed by atoms with Crippen molar-refractivity contribution >= 4 is 12.1 Å². The van der Waals surface area contributed by atoms with Gasteiger partial charge in [0, 0.05) is 0 Å². The van der Waals surface area contributed by atoms with Crippen molar-refractivity contribution in [3.05, 3.63) is 23.8 Å². The Morgan fingerprint density at radius 1 is 1.55 bits per heavy atom. The van der Waals surface area contributed by atoms with E-state index in [0.29, 0.717) is 0 Å². The molecule has 2 heteroatoms. The van der Waals surface area contributed by atoms with Gasteiger partial charge in [-0.05, 0) is 13.0 Å². The summed E-state index contributed by atoms with van der Waals surface area (Å²) in [6.07, 6.45) is 9.91. The van der Waals surface area contributed by atoms with E-state index in [-0.39, 0.29) is 11.9 Å². The standard InChI is InChI=1S/C9H8O2/c1-3-5-6-8(4-2)9(11)7-10/h2-3,5-7H,1H3/b5-3-,8-6+. The summed E-state index contributed by atoms with van der Waals surface area (Å²) in [7, 11) is 0. The predicted molar refractivity (Wildman–Crippen MR) is 42.8 cm³/mol. The number of carbonyl (C=O) groups is 2. The van der Waals surface area contributed by atoms with Gasteiger partial charge in [0.1, 0.15) is 0 Å². The van der Waals surface area contributed by atoms with Gasteiger partial charge >= 0.3 is 0 Å². The molecule has 0 aromatic heterocycles. The molecule has 56 valence electrons. The molecule has 0 rings (SSSR count). The highest BCUT2D eigenvalue weighted by Crippen LogP contribution is 1.92. The molecule has 0 amide bonds. The van der Waals surface area contributed by atoms with E-state index in [9.17, 15) is 9.59 Å². The van der Waals surface area contributed by atoms with Crippen molar-refractivity contribution in [2.75, 3.05) is 0 Å². The lowest BCUT2D eigenvalue weighted by molar-refractivity contribution is -0.127. The number of Topliss-reactive ketones (excluding diaryl/α,β-unsaturated/α-hetero) is 1. The molecule has 0 aliphatic heterocycles. The summed E-state index contributed by atoms with van der Waals surface area (Å²) in [5, 5.41) is 0. The predicted octanol–water partition coefficient (Wildman–Crippen LogP) is 0.890. The van der Waals surface area contributed by atoms with Crippen LogP contribution in [0.2, 0.25) is 0 Å². The summed E-state index contributed by atoms with van der Waals surface area (Å²) in [6, 6.07) is 0. The van der Waals surface area contributed by atoms with E-state index in [1.165, 1.54) is 6.08 Å². The molecular weight excluding hydrogens is 140 g/mol. The maximum atomic E-state index is 10.6. The average molecular weight is 148 g/mol. The molecule has 0 saturated carbocycles. The molecule has 0 aromatic carbocycles. The summed E-state index contributed by atoms with van der Waals surface area (Å²) in [4.78, 5) is 20.6. The number of carbonyl (C=O) groups excluding carboxylic acids is 2. The van der Waals surface area contributed by atoms with E-state index in [4.69, 9.17) is 6.42 Å².